The van der Waals surface area contributed by atoms with Crippen LogP contribution >= 0.6 is 11.6 Å². The lowest BCUT2D eigenvalue weighted by Crippen LogP contribution is -2.30. The van der Waals surface area contributed by atoms with Gasteiger partial charge in [-0.05, 0) is 56.9 Å². The summed E-state index contributed by atoms with van der Waals surface area (Å²) in [5.41, 5.74) is 2.41. The molecule has 34 heavy (non-hydrogen) atoms. The molecule has 0 aliphatic carbocycles. The predicted octanol–water partition coefficient (Wildman–Crippen LogP) is 6.40. The number of carbonyl (C=O) groups excluding carboxylic acids is 1. The van der Waals surface area contributed by atoms with Crippen LogP contribution in [0.5, 0.6) is 0 Å². The van der Waals surface area contributed by atoms with E-state index in [-0.39, 0.29) is 30.6 Å². The molecule has 0 fully saturated rings. The number of ether oxygens (including phenoxy) is 1. The molecule has 0 saturated carbocycles. The van der Waals surface area contributed by atoms with Gasteiger partial charge < -0.3 is 14.5 Å². The average molecular weight is 491 g/mol. The second-order valence-electron chi connectivity index (χ2n) is 8.40. The standard InChI is InChI=1S/C25H35ClN4O4/c1-7-10-13-28(8-2)22-14-18(6)27-25(24(22)30(32)33)29(16-23(31)34-9-3)21-12-11-19(17(4)5)15-20(21)26/h11-12,14-15,17H,7-10,13,16H2,1-6H3. The van der Waals surface area contributed by atoms with Crippen LogP contribution in [0.3, 0.4) is 0 Å². The van der Waals surface area contributed by atoms with Gasteiger partial charge in [0.2, 0.25) is 5.82 Å². The van der Waals surface area contributed by atoms with Gasteiger partial charge in [-0.1, -0.05) is 44.9 Å². The van der Waals surface area contributed by atoms with Crippen molar-refractivity contribution in [3.8, 4) is 0 Å². The number of esters is 1. The Morgan fingerprint density at radius 3 is 2.44 bits per heavy atom. The smallest absolute Gasteiger partial charge is 0.335 e. The first-order valence-electron chi connectivity index (χ1n) is 11.8. The van der Waals surface area contributed by atoms with E-state index >= 15 is 0 Å². The number of aryl methyl sites for hydroxylation is 1. The first-order chi connectivity index (χ1) is 16.1. The molecule has 0 spiro atoms. The quantitative estimate of drug-likeness (QED) is 0.193. The minimum atomic E-state index is -0.524. The number of nitrogens with zero attached hydrogens (tertiary/aromatic N) is 4. The van der Waals surface area contributed by atoms with Gasteiger partial charge in [-0.25, -0.2) is 4.98 Å². The van der Waals surface area contributed by atoms with Crippen LogP contribution in [0.25, 0.3) is 0 Å². The molecule has 186 valence electrons. The van der Waals surface area contributed by atoms with Crippen molar-refractivity contribution in [2.45, 2.75) is 60.3 Å². The molecule has 0 amide bonds. The SMILES string of the molecule is CCCCN(CC)c1cc(C)nc(N(CC(=O)OCC)c2ccc(C(C)C)cc2Cl)c1[N+](=O)[O-]. The maximum absolute atomic E-state index is 12.6. The molecule has 2 aromatic rings. The third-order valence-electron chi connectivity index (χ3n) is 5.55. The van der Waals surface area contributed by atoms with E-state index < -0.39 is 10.9 Å². The van der Waals surface area contributed by atoms with E-state index in [1.165, 1.54) is 4.90 Å². The summed E-state index contributed by atoms with van der Waals surface area (Å²) < 4.78 is 5.17. The number of anilines is 3. The summed E-state index contributed by atoms with van der Waals surface area (Å²) in [5.74, 6) is -0.203. The van der Waals surface area contributed by atoms with Crippen molar-refractivity contribution in [3.63, 3.8) is 0 Å². The number of unbranched alkanes of at least 4 members (excludes halogenated alkanes) is 1. The minimum absolute atomic E-state index is 0.0715. The van der Waals surface area contributed by atoms with Crippen molar-refractivity contribution in [3.05, 3.63) is 50.7 Å². The molecule has 0 atom stereocenters. The van der Waals surface area contributed by atoms with Gasteiger partial charge in [0.05, 0.1) is 22.2 Å². The maximum Gasteiger partial charge on any atom is 0.335 e. The zero-order valence-corrected chi connectivity index (χ0v) is 21.7. The van der Waals surface area contributed by atoms with Gasteiger partial charge in [-0.2, -0.15) is 0 Å². The highest BCUT2D eigenvalue weighted by Gasteiger charge is 2.32. The van der Waals surface area contributed by atoms with Gasteiger partial charge >= 0.3 is 11.7 Å². The van der Waals surface area contributed by atoms with Crippen LogP contribution in [0.15, 0.2) is 24.3 Å². The third kappa shape index (κ3) is 6.59. The normalized spacial score (nSPS) is 10.9. The van der Waals surface area contributed by atoms with E-state index in [4.69, 9.17) is 16.3 Å². The second kappa shape index (κ2) is 12.6. The summed E-state index contributed by atoms with van der Waals surface area (Å²) in [6, 6.07) is 7.24. The Bertz CT molecular complexity index is 1010. The summed E-state index contributed by atoms with van der Waals surface area (Å²) in [6.07, 6.45) is 1.87. The Hall–Kier alpha value is -2.87. The molecule has 1 aromatic carbocycles. The van der Waals surface area contributed by atoms with Crippen LogP contribution in [0.2, 0.25) is 5.02 Å². The van der Waals surface area contributed by atoms with E-state index in [0.717, 1.165) is 18.4 Å². The van der Waals surface area contributed by atoms with Crippen molar-refractivity contribution in [1.82, 2.24) is 4.98 Å². The number of halogens is 1. The number of aromatic nitrogens is 1. The number of hydrogen-bond donors (Lipinski definition) is 0. The van der Waals surface area contributed by atoms with E-state index in [1.54, 1.807) is 26.0 Å². The molecular weight excluding hydrogens is 456 g/mol. The number of pyridine rings is 1. The summed E-state index contributed by atoms with van der Waals surface area (Å²) in [6.45, 7) is 12.9. The summed E-state index contributed by atoms with van der Waals surface area (Å²) in [4.78, 5) is 32.5. The molecule has 0 radical (unpaired) electrons. The lowest BCUT2D eigenvalue weighted by molar-refractivity contribution is -0.383. The Labute approximate surface area is 207 Å². The fraction of sp³-hybridized carbons (Fsp3) is 0.520. The van der Waals surface area contributed by atoms with Crippen LogP contribution in [0, 0.1) is 17.0 Å². The largest absolute Gasteiger partial charge is 0.465 e. The van der Waals surface area contributed by atoms with Gasteiger partial charge in [0, 0.05) is 18.8 Å². The van der Waals surface area contributed by atoms with Crippen LogP contribution in [0.4, 0.5) is 22.9 Å². The number of carbonyl (C=O) groups is 1. The second-order valence-corrected chi connectivity index (χ2v) is 8.81. The Kier molecular flexibility index (Phi) is 10.1. The Morgan fingerprint density at radius 1 is 1.21 bits per heavy atom. The van der Waals surface area contributed by atoms with Gasteiger partial charge in [0.1, 0.15) is 12.2 Å². The first-order valence-corrected chi connectivity index (χ1v) is 12.2. The topological polar surface area (TPSA) is 88.8 Å². The summed E-state index contributed by atoms with van der Waals surface area (Å²) in [7, 11) is 0. The van der Waals surface area contributed by atoms with E-state index in [2.05, 4.69) is 25.8 Å². The van der Waals surface area contributed by atoms with Crippen molar-refractivity contribution < 1.29 is 14.5 Å². The fourth-order valence-corrected chi connectivity index (χ4v) is 4.04. The number of rotatable bonds is 12. The first kappa shape index (κ1) is 27.4. The van der Waals surface area contributed by atoms with Gasteiger partial charge in [-0.3, -0.25) is 14.9 Å². The van der Waals surface area contributed by atoms with E-state index in [9.17, 15) is 14.9 Å². The number of nitro groups is 1. The average Bonchev–Trinajstić information content (AvgIpc) is 2.77. The molecule has 0 saturated heterocycles. The van der Waals surface area contributed by atoms with Crippen molar-refractivity contribution in [1.29, 1.82) is 0 Å². The van der Waals surface area contributed by atoms with Gasteiger partial charge in [0.25, 0.3) is 0 Å². The molecule has 0 aliphatic heterocycles. The minimum Gasteiger partial charge on any atom is -0.465 e. The van der Waals surface area contributed by atoms with Crippen molar-refractivity contribution in [2.75, 3.05) is 36.0 Å². The maximum atomic E-state index is 12.6. The summed E-state index contributed by atoms with van der Waals surface area (Å²) in [5, 5.41) is 12.8. The lowest BCUT2D eigenvalue weighted by atomic mass is 10.0. The summed E-state index contributed by atoms with van der Waals surface area (Å²) >= 11 is 6.65. The number of hydrogen-bond acceptors (Lipinski definition) is 7. The Morgan fingerprint density at radius 2 is 1.91 bits per heavy atom. The molecule has 0 unspecified atom stereocenters. The molecule has 0 aliphatic rings. The molecular formula is C25H35ClN4O4. The zero-order chi connectivity index (χ0) is 25.4. The van der Waals surface area contributed by atoms with E-state index in [1.807, 2.05) is 24.0 Å². The fourth-order valence-electron chi connectivity index (χ4n) is 3.75. The molecule has 1 heterocycles. The van der Waals surface area contributed by atoms with E-state index in [0.29, 0.717) is 35.2 Å². The van der Waals surface area contributed by atoms with Crippen molar-refractivity contribution in [2.24, 2.45) is 0 Å². The zero-order valence-electron chi connectivity index (χ0n) is 20.9. The van der Waals surface area contributed by atoms with Gasteiger partial charge in [-0.15, -0.1) is 0 Å². The molecule has 9 heteroatoms. The van der Waals surface area contributed by atoms with Crippen molar-refractivity contribution >= 4 is 40.5 Å². The molecule has 1 aromatic heterocycles. The van der Waals surface area contributed by atoms with Crippen LogP contribution in [-0.2, 0) is 9.53 Å². The van der Waals surface area contributed by atoms with Crippen LogP contribution < -0.4 is 9.80 Å². The molecule has 0 bridgehead atoms. The lowest BCUT2D eigenvalue weighted by Gasteiger charge is -2.28. The highest BCUT2D eigenvalue weighted by atomic mass is 35.5. The van der Waals surface area contributed by atoms with Gasteiger partial charge in [0.15, 0.2) is 0 Å². The molecule has 8 nitrogen and oxygen atoms in total. The predicted molar refractivity (Wildman–Crippen MR) is 138 cm³/mol. The molecule has 0 N–H and O–H groups in total. The number of benzene rings is 1. The monoisotopic (exact) mass is 490 g/mol. The highest BCUT2D eigenvalue weighted by Crippen LogP contribution is 2.42. The van der Waals surface area contributed by atoms with Crippen LogP contribution in [-0.4, -0.2) is 42.1 Å². The van der Waals surface area contributed by atoms with Crippen LogP contribution in [0.1, 0.15) is 64.6 Å². The molecule has 2 rings (SSSR count). The third-order valence-corrected chi connectivity index (χ3v) is 5.85. The Balaban J connectivity index is 2.77. The highest BCUT2D eigenvalue weighted by molar-refractivity contribution is 6.33.